The molecule has 0 saturated heterocycles. The largest absolute Gasteiger partial charge is 0.490 e. The number of hydrogen-bond donors (Lipinski definition) is 2. The highest BCUT2D eigenvalue weighted by atomic mass is 35.5. The maximum Gasteiger partial charge on any atom is 0.325 e. The van der Waals surface area contributed by atoms with Crippen molar-refractivity contribution in [1.82, 2.24) is 5.32 Å². The molecule has 0 aromatic heterocycles. The first-order chi connectivity index (χ1) is 8.81. The third-order valence-electron chi connectivity index (χ3n) is 2.27. The minimum atomic E-state index is -1.11. The molecular weight excluding hydrogens is 270 g/mol. The smallest absolute Gasteiger partial charge is 0.325 e. The summed E-state index contributed by atoms with van der Waals surface area (Å²) in [6.07, 6.45) is -0.107. The summed E-state index contributed by atoms with van der Waals surface area (Å²) in [6, 6.07) is 3.65. The topological polar surface area (TPSA) is 75.6 Å². The molecule has 0 unspecified atom stereocenters. The zero-order valence-corrected chi connectivity index (χ0v) is 11.7. The predicted molar refractivity (Wildman–Crippen MR) is 71.8 cm³/mol. The molecule has 0 bridgehead atoms. The van der Waals surface area contributed by atoms with Crippen LogP contribution in [0.3, 0.4) is 0 Å². The van der Waals surface area contributed by atoms with E-state index in [0.717, 1.165) is 0 Å². The summed E-state index contributed by atoms with van der Waals surface area (Å²) in [5.74, 6) is -1.27. The van der Waals surface area contributed by atoms with Gasteiger partial charge in [-0.05, 0) is 39.0 Å². The van der Waals surface area contributed by atoms with Crippen LogP contribution in [-0.2, 0) is 4.79 Å². The molecule has 0 aliphatic heterocycles. The van der Waals surface area contributed by atoms with E-state index in [-0.39, 0.29) is 11.7 Å². The predicted octanol–water partition coefficient (Wildman–Crippen LogP) is 2.33. The monoisotopic (exact) mass is 285 g/mol. The lowest BCUT2D eigenvalue weighted by molar-refractivity contribution is -0.138. The zero-order chi connectivity index (χ0) is 14.6. The van der Waals surface area contributed by atoms with Gasteiger partial charge < -0.3 is 15.2 Å². The number of carboxylic acids is 1. The van der Waals surface area contributed by atoms with Crippen LogP contribution in [0.5, 0.6) is 5.75 Å². The summed E-state index contributed by atoms with van der Waals surface area (Å²) in [7, 11) is 0. The third kappa shape index (κ3) is 4.44. The molecule has 0 radical (unpaired) electrons. The minimum absolute atomic E-state index is 0.107. The quantitative estimate of drug-likeness (QED) is 0.870. The minimum Gasteiger partial charge on any atom is -0.490 e. The first-order valence-corrected chi connectivity index (χ1v) is 6.19. The number of carbonyl (C=O) groups is 2. The SMILES string of the molecule is CC(C)Oc1ccc(Cl)cc1C(=O)N[C@H](C)C(=O)O. The Bertz CT molecular complexity index is 488. The second-order valence-electron chi connectivity index (χ2n) is 4.34. The molecule has 104 valence electrons. The van der Waals surface area contributed by atoms with E-state index >= 15 is 0 Å². The average Bonchev–Trinajstić information content (AvgIpc) is 2.30. The number of ether oxygens (including phenoxy) is 1. The van der Waals surface area contributed by atoms with Gasteiger partial charge in [0.25, 0.3) is 5.91 Å². The average molecular weight is 286 g/mol. The van der Waals surface area contributed by atoms with Crippen LogP contribution >= 0.6 is 11.6 Å². The molecule has 1 aromatic carbocycles. The van der Waals surface area contributed by atoms with Crippen LogP contribution in [-0.4, -0.2) is 29.1 Å². The van der Waals surface area contributed by atoms with E-state index in [4.69, 9.17) is 21.4 Å². The highest BCUT2D eigenvalue weighted by Crippen LogP contribution is 2.24. The van der Waals surface area contributed by atoms with Crippen LogP contribution in [0, 0.1) is 0 Å². The van der Waals surface area contributed by atoms with Gasteiger partial charge in [-0.2, -0.15) is 0 Å². The number of nitrogens with one attached hydrogen (secondary N) is 1. The van der Waals surface area contributed by atoms with E-state index < -0.39 is 17.9 Å². The number of halogens is 1. The van der Waals surface area contributed by atoms with Gasteiger partial charge in [0.2, 0.25) is 0 Å². The number of rotatable bonds is 5. The molecule has 0 saturated carbocycles. The van der Waals surface area contributed by atoms with Crippen LogP contribution in [0.2, 0.25) is 5.02 Å². The number of aliphatic carboxylic acids is 1. The van der Waals surface area contributed by atoms with Crippen molar-refractivity contribution >= 4 is 23.5 Å². The van der Waals surface area contributed by atoms with Gasteiger partial charge in [0, 0.05) is 5.02 Å². The van der Waals surface area contributed by atoms with Crippen molar-refractivity contribution in [2.75, 3.05) is 0 Å². The Morgan fingerprint density at radius 3 is 2.47 bits per heavy atom. The number of hydrogen-bond acceptors (Lipinski definition) is 3. The number of benzene rings is 1. The lowest BCUT2D eigenvalue weighted by atomic mass is 10.1. The summed E-state index contributed by atoms with van der Waals surface area (Å²) in [4.78, 5) is 22.7. The van der Waals surface area contributed by atoms with Crippen LogP contribution in [0.15, 0.2) is 18.2 Å². The first-order valence-electron chi connectivity index (χ1n) is 5.81. The van der Waals surface area contributed by atoms with Crippen molar-refractivity contribution in [1.29, 1.82) is 0 Å². The molecule has 1 aromatic rings. The Morgan fingerprint density at radius 2 is 1.95 bits per heavy atom. The molecule has 1 atom stereocenters. The van der Waals surface area contributed by atoms with Crippen LogP contribution < -0.4 is 10.1 Å². The van der Waals surface area contributed by atoms with E-state index in [2.05, 4.69) is 5.32 Å². The van der Waals surface area contributed by atoms with Crippen LogP contribution in [0.4, 0.5) is 0 Å². The van der Waals surface area contributed by atoms with E-state index in [1.165, 1.54) is 13.0 Å². The molecule has 0 aliphatic carbocycles. The Morgan fingerprint density at radius 1 is 1.32 bits per heavy atom. The molecule has 2 N–H and O–H groups in total. The van der Waals surface area contributed by atoms with E-state index in [1.807, 2.05) is 13.8 Å². The van der Waals surface area contributed by atoms with E-state index in [9.17, 15) is 9.59 Å². The summed E-state index contributed by atoms with van der Waals surface area (Å²) in [5.41, 5.74) is 0.217. The fraction of sp³-hybridized carbons (Fsp3) is 0.385. The fourth-order valence-corrected chi connectivity index (χ4v) is 1.54. The van der Waals surface area contributed by atoms with Crippen molar-refractivity contribution in [3.63, 3.8) is 0 Å². The molecule has 0 heterocycles. The number of carbonyl (C=O) groups excluding carboxylic acids is 1. The summed E-state index contributed by atoms with van der Waals surface area (Å²) < 4.78 is 5.50. The molecule has 5 nitrogen and oxygen atoms in total. The summed E-state index contributed by atoms with van der Waals surface area (Å²) in [6.45, 7) is 5.04. The highest BCUT2D eigenvalue weighted by Gasteiger charge is 2.19. The lowest BCUT2D eigenvalue weighted by Gasteiger charge is -2.15. The number of carboxylic acid groups (broad SMARTS) is 1. The molecule has 0 fully saturated rings. The standard InChI is InChI=1S/C13H16ClNO4/c1-7(2)19-11-5-4-9(14)6-10(11)12(16)15-8(3)13(17)18/h4-8H,1-3H3,(H,15,16)(H,17,18)/t8-/m1/s1. The van der Waals surface area contributed by atoms with Gasteiger partial charge in [-0.1, -0.05) is 11.6 Å². The van der Waals surface area contributed by atoms with Crippen LogP contribution in [0.25, 0.3) is 0 Å². The lowest BCUT2D eigenvalue weighted by Crippen LogP contribution is -2.38. The van der Waals surface area contributed by atoms with Crippen molar-refractivity contribution in [3.05, 3.63) is 28.8 Å². The van der Waals surface area contributed by atoms with Crippen molar-refractivity contribution in [2.45, 2.75) is 32.9 Å². The second-order valence-corrected chi connectivity index (χ2v) is 4.78. The molecule has 6 heteroatoms. The molecule has 0 aliphatic rings. The van der Waals surface area contributed by atoms with Gasteiger partial charge in [-0.15, -0.1) is 0 Å². The molecule has 19 heavy (non-hydrogen) atoms. The van der Waals surface area contributed by atoms with Gasteiger partial charge in [0.05, 0.1) is 11.7 Å². The Hall–Kier alpha value is -1.75. The Kier molecular flexibility index (Phi) is 5.18. The summed E-state index contributed by atoms with van der Waals surface area (Å²) in [5, 5.41) is 11.5. The van der Waals surface area contributed by atoms with Crippen LogP contribution in [0.1, 0.15) is 31.1 Å². The van der Waals surface area contributed by atoms with Gasteiger partial charge in [-0.25, -0.2) is 0 Å². The molecule has 0 spiro atoms. The zero-order valence-electron chi connectivity index (χ0n) is 10.9. The first kappa shape index (κ1) is 15.3. The van der Waals surface area contributed by atoms with E-state index in [0.29, 0.717) is 10.8 Å². The summed E-state index contributed by atoms with van der Waals surface area (Å²) >= 11 is 5.84. The molecular formula is C13H16ClNO4. The second kappa shape index (κ2) is 6.43. The normalized spacial score (nSPS) is 12.1. The highest BCUT2D eigenvalue weighted by molar-refractivity contribution is 6.31. The number of amides is 1. The van der Waals surface area contributed by atoms with Crippen molar-refractivity contribution < 1.29 is 19.4 Å². The Labute approximate surface area is 116 Å². The third-order valence-corrected chi connectivity index (χ3v) is 2.50. The fourth-order valence-electron chi connectivity index (χ4n) is 1.37. The Balaban J connectivity index is 3.00. The maximum atomic E-state index is 12.0. The molecule has 1 rings (SSSR count). The van der Waals surface area contributed by atoms with Gasteiger partial charge in [0.1, 0.15) is 11.8 Å². The maximum absolute atomic E-state index is 12.0. The van der Waals surface area contributed by atoms with Crippen molar-refractivity contribution in [2.24, 2.45) is 0 Å². The van der Waals surface area contributed by atoms with Gasteiger partial charge in [0.15, 0.2) is 0 Å². The van der Waals surface area contributed by atoms with Gasteiger partial charge >= 0.3 is 5.97 Å². The molecule has 1 amide bonds. The van der Waals surface area contributed by atoms with E-state index in [1.54, 1.807) is 12.1 Å². The van der Waals surface area contributed by atoms with Crippen molar-refractivity contribution in [3.8, 4) is 5.75 Å². The van der Waals surface area contributed by atoms with Gasteiger partial charge in [-0.3, -0.25) is 9.59 Å².